The van der Waals surface area contributed by atoms with Crippen molar-refractivity contribution in [3.05, 3.63) is 35.9 Å². The lowest BCUT2D eigenvalue weighted by Gasteiger charge is -2.09. The molecule has 1 fully saturated rings. The lowest BCUT2D eigenvalue weighted by atomic mass is 10.1. The molecule has 0 amide bonds. The summed E-state index contributed by atoms with van der Waals surface area (Å²) in [5.41, 5.74) is 0.795. The maximum absolute atomic E-state index is 5.95. The molecule has 1 heterocycles. The third-order valence-electron chi connectivity index (χ3n) is 2.19. The van der Waals surface area contributed by atoms with Crippen molar-refractivity contribution in [2.24, 2.45) is 0 Å². The lowest BCUT2D eigenvalue weighted by Crippen LogP contribution is -2.05. The van der Waals surface area contributed by atoms with Crippen molar-refractivity contribution in [3.63, 3.8) is 0 Å². The van der Waals surface area contributed by atoms with Crippen LogP contribution in [-0.4, -0.2) is 10.9 Å². The average Bonchev–Trinajstić information content (AvgIpc) is 2.49. The summed E-state index contributed by atoms with van der Waals surface area (Å²) in [6.45, 7) is 0. The van der Waals surface area contributed by atoms with E-state index in [2.05, 4.69) is 0 Å². The van der Waals surface area contributed by atoms with Gasteiger partial charge >= 0.3 is 0 Å². The summed E-state index contributed by atoms with van der Waals surface area (Å²) in [6.07, 6.45) is 0.853. The Balaban J connectivity index is 2.12. The second-order valence-corrected chi connectivity index (χ2v) is 4.13. The third kappa shape index (κ3) is 1.98. The van der Waals surface area contributed by atoms with Gasteiger partial charge in [0.2, 0.25) is 0 Å². The molecule has 2 rings (SSSR count). The largest absolute Gasteiger partial charge is 0.353 e. The van der Waals surface area contributed by atoms with Crippen molar-refractivity contribution in [2.75, 3.05) is 0 Å². The Labute approximate surface area is 87.6 Å². The van der Waals surface area contributed by atoms with Gasteiger partial charge < -0.3 is 4.74 Å². The van der Waals surface area contributed by atoms with E-state index in [1.165, 1.54) is 0 Å². The predicted octanol–water partition coefficient (Wildman–Crippen LogP) is 3.32. The second-order valence-electron chi connectivity index (χ2n) is 3.14. The normalized spacial score (nSPS) is 33.5. The van der Waals surface area contributed by atoms with E-state index in [-0.39, 0.29) is 17.0 Å². The third-order valence-corrected chi connectivity index (χ3v) is 3.13. The standard InChI is InChI=1S/C10H10Cl2O/c11-8-6-9(13-10(8)12)7-4-2-1-3-5-7/h1-5,8-10H,6H2/t8-,9+,10+/m0/s1. The molecule has 3 atom stereocenters. The van der Waals surface area contributed by atoms with E-state index in [1.807, 2.05) is 30.3 Å². The minimum atomic E-state index is -0.355. The average molecular weight is 217 g/mol. The van der Waals surface area contributed by atoms with Gasteiger partial charge in [0.05, 0.1) is 11.5 Å². The van der Waals surface area contributed by atoms with Gasteiger partial charge in [0.15, 0.2) is 0 Å². The first-order chi connectivity index (χ1) is 6.27. The number of rotatable bonds is 1. The number of halogens is 2. The maximum atomic E-state index is 5.95. The minimum absolute atomic E-state index is 0.0613. The zero-order valence-corrected chi connectivity index (χ0v) is 8.50. The summed E-state index contributed by atoms with van der Waals surface area (Å²) in [5.74, 6) is 0. The van der Waals surface area contributed by atoms with Crippen LogP contribution >= 0.6 is 23.2 Å². The highest BCUT2D eigenvalue weighted by Crippen LogP contribution is 2.37. The van der Waals surface area contributed by atoms with Gasteiger partial charge in [-0.1, -0.05) is 41.9 Å². The van der Waals surface area contributed by atoms with Crippen LogP contribution in [0.2, 0.25) is 0 Å². The molecule has 1 aliphatic rings. The quantitative estimate of drug-likeness (QED) is 0.655. The zero-order valence-electron chi connectivity index (χ0n) is 6.99. The van der Waals surface area contributed by atoms with E-state index < -0.39 is 0 Å². The first-order valence-electron chi connectivity index (χ1n) is 4.26. The lowest BCUT2D eigenvalue weighted by molar-refractivity contribution is 0.0892. The molecule has 3 heteroatoms. The molecule has 1 aromatic carbocycles. The van der Waals surface area contributed by atoms with Crippen LogP contribution in [-0.2, 0) is 4.74 Å². The van der Waals surface area contributed by atoms with Crippen molar-refractivity contribution in [2.45, 2.75) is 23.5 Å². The van der Waals surface area contributed by atoms with Crippen LogP contribution in [0.15, 0.2) is 30.3 Å². The molecule has 0 aliphatic carbocycles. The summed E-state index contributed by atoms with van der Waals surface area (Å²) >= 11 is 11.8. The van der Waals surface area contributed by atoms with Crippen LogP contribution in [0.4, 0.5) is 0 Å². The topological polar surface area (TPSA) is 9.23 Å². The van der Waals surface area contributed by atoms with Gasteiger partial charge in [-0.3, -0.25) is 0 Å². The molecule has 70 valence electrons. The van der Waals surface area contributed by atoms with Crippen LogP contribution in [0, 0.1) is 0 Å². The first kappa shape index (κ1) is 9.32. The number of ether oxygens (including phenoxy) is 1. The Morgan fingerprint density at radius 1 is 1.15 bits per heavy atom. The molecule has 13 heavy (non-hydrogen) atoms. The smallest absolute Gasteiger partial charge is 0.148 e. The van der Waals surface area contributed by atoms with Crippen molar-refractivity contribution in [1.29, 1.82) is 0 Å². The SMILES string of the molecule is Cl[C@@H]1O[C@@H](c2ccccc2)C[C@@H]1Cl. The van der Waals surface area contributed by atoms with Crippen LogP contribution in [0.3, 0.4) is 0 Å². The Kier molecular flexibility index (Phi) is 2.77. The zero-order chi connectivity index (χ0) is 9.26. The number of alkyl halides is 2. The van der Waals surface area contributed by atoms with E-state index in [4.69, 9.17) is 27.9 Å². The molecule has 0 radical (unpaired) electrons. The Morgan fingerprint density at radius 3 is 2.38 bits per heavy atom. The van der Waals surface area contributed by atoms with E-state index in [9.17, 15) is 0 Å². The molecule has 1 aliphatic heterocycles. The van der Waals surface area contributed by atoms with Crippen molar-refractivity contribution in [1.82, 2.24) is 0 Å². The number of hydrogen-bond donors (Lipinski definition) is 0. The van der Waals surface area contributed by atoms with Crippen molar-refractivity contribution >= 4 is 23.2 Å². The predicted molar refractivity (Wildman–Crippen MR) is 54.2 cm³/mol. The van der Waals surface area contributed by atoms with Gasteiger partial charge in [0.1, 0.15) is 5.56 Å². The van der Waals surface area contributed by atoms with Gasteiger partial charge in [0, 0.05) is 0 Å². The fraction of sp³-hybridized carbons (Fsp3) is 0.400. The van der Waals surface area contributed by atoms with E-state index >= 15 is 0 Å². The Bertz CT molecular complexity index is 266. The summed E-state index contributed by atoms with van der Waals surface area (Å²) in [7, 11) is 0. The molecule has 0 unspecified atom stereocenters. The monoisotopic (exact) mass is 216 g/mol. The van der Waals surface area contributed by atoms with Gasteiger partial charge in [-0.25, -0.2) is 0 Å². The molecular formula is C10H10Cl2O. The Morgan fingerprint density at radius 2 is 1.85 bits per heavy atom. The highest BCUT2D eigenvalue weighted by Gasteiger charge is 2.32. The molecule has 1 aromatic rings. The fourth-order valence-electron chi connectivity index (χ4n) is 1.49. The Hall–Kier alpha value is -0.240. The van der Waals surface area contributed by atoms with Crippen LogP contribution in [0.25, 0.3) is 0 Å². The van der Waals surface area contributed by atoms with E-state index in [0.717, 1.165) is 12.0 Å². The molecule has 0 saturated carbocycles. The molecule has 1 saturated heterocycles. The molecule has 0 spiro atoms. The number of hydrogen-bond acceptors (Lipinski definition) is 1. The summed E-state index contributed by atoms with van der Waals surface area (Å²) in [4.78, 5) is 0. The summed E-state index contributed by atoms with van der Waals surface area (Å²) in [6, 6.07) is 10.0. The highest BCUT2D eigenvalue weighted by atomic mass is 35.5. The van der Waals surface area contributed by atoms with E-state index in [1.54, 1.807) is 0 Å². The molecule has 1 nitrogen and oxygen atoms in total. The van der Waals surface area contributed by atoms with Crippen LogP contribution < -0.4 is 0 Å². The van der Waals surface area contributed by atoms with Crippen molar-refractivity contribution < 1.29 is 4.74 Å². The van der Waals surface area contributed by atoms with E-state index in [0.29, 0.717) is 0 Å². The minimum Gasteiger partial charge on any atom is -0.353 e. The van der Waals surface area contributed by atoms with Gasteiger partial charge in [-0.2, -0.15) is 0 Å². The molecule has 0 aromatic heterocycles. The summed E-state index contributed by atoms with van der Waals surface area (Å²) < 4.78 is 5.49. The van der Waals surface area contributed by atoms with Gasteiger partial charge in [-0.15, -0.1) is 11.6 Å². The van der Waals surface area contributed by atoms with Crippen LogP contribution in [0.1, 0.15) is 18.1 Å². The van der Waals surface area contributed by atoms with Crippen molar-refractivity contribution in [3.8, 4) is 0 Å². The second kappa shape index (κ2) is 3.87. The highest BCUT2D eigenvalue weighted by molar-refractivity contribution is 6.29. The molecule has 0 bridgehead atoms. The van der Waals surface area contributed by atoms with Crippen LogP contribution in [0.5, 0.6) is 0 Å². The van der Waals surface area contributed by atoms with Gasteiger partial charge in [-0.05, 0) is 12.0 Å². The maximum Gasteiger partial charge on any atom is 0.148 e. The first-order valence-corrected chi connectivity index (χ1v) is 5.13. The molecular weight excluding hydrogens is 207 g/mol. The number of benzene rings is 1. The van der Waals surface area contributed by atoms with Gasteiger partial charge in [0.25, 0.3) is 0 Å². The fourth-order valence-corrected chi connectivity index (χ4v) is 1.94. The summed E-state index contributed by atoms with van der Waals surface area (Å²) in [5, 5.41) is -0.0770. The molecule has 0 N–H and O–H groups in total.